The number of hydrogen-bond donors (Lipinski definition) is 0. The Bertz CT molecular complexity index is 46.8. The zero-order valence-electron chi connectivity index (χ0n) is 3.49. The normalized spacial score (nSPS) is 4.50. The summed E-state index contributed by atoms with van der Waals surface area (Å²) in [6.45, 7) is 1.98. The van der Waals surface area contributed by atoms with Crippen molar-refractivity contribution in [2.75, 3.05) is 0 Å². The standard InChI is InChI=1S/C3H6P.I2/c1-3-4-2;1-2/h3H,2H2,1H3;/q+1;. The summed E-state index contributed by atoms with van der Waals surface area (Å²) >= 11 is 4.24. The topological polar surface area (TPSA) is 0 Å². The van der Waals surface area contributed by atoms with Crippen LogP contribution in [0.2, 0.25) is 0 Å². The second-order valence-corrected chi connectivity index (χ2v) is 1.32. The molecule has 0 aromatic rings. The van der Waals surface area contributed by atoms with Gasteiger partial charge in [0.25, 0.3) is 0 Å². The van der Waals surface area contributed by atoms with E-state index in [-0.39, 0.29) is 0 Å². The van der Waals surface area contributed by atoms with Gasteiger partial charge in [-0.2, -0.15) is 0 Å². The molecule has 0 bridgehead atoms. The van der Waals surface area contributed by atoms with E-state index in [0.29, 0.717) is 0 Å². The van der Waals surface area contributed by atoms with Gasteiger partial charge in [-0.05, 0) is 0 Å². The van der Waals surface area contributed by atoms with Gasteiger partial charge in [0.2, 0.25) is 0 Å². The first-order valence-electron chi connectivity index (χ1n) is 1.29. The molecule has 0 amide bonds. The van der Waals surface area contributed by atoms with Crippen LogP contribution in [0.3, 0.4) is 0 Å². The fourth-order valence-electron chi connectivity index (χ4n) is 0. The van der Waals surface area contributed by atoms with E-state index in [0.717, 1.165) is 7.83 Å². The summed E-state index contributed by atoms with van der Waals surface area (Å²) in [6.07, 6.45) is 3.52. The van der Waals surface area contributed by atoms with Crippen molar-refractivity contribution in [3.8, 4) is 0 Å². The van der Waals surface area contributed by atoms with E-state index < -0.39 is 0 Å². The van der Waals surface area contributed by atoms with E-state index in [9.17, 15) is 0 Å². The van der Waals surface area contributed by atoms with E-state index in [1.54, 1.807) is 0 Å². The molecule has 0 aliphatic rings. The van der Waals surface area contributed by atoms with Crippen LogP contribution in [0.5, 0.6) is 0 Å². The van der Waals surface area contributed by atoms with Crippen LogP contribution in [-0.2, 0) is 0 Å². The molecular weight excluding hydrogens is 321 g/mol. The Kier molecular flexibility index (Phi) is 28.1. The first kappa shape index (κ1) is 10.6. The molecule has 0 fully saturated rings. The smallest absolute Gasteiger partial charge is 0 e. The van der Waals surface area contributed by atoms with Crippen molar-refractivity contribution in [3.05, 3.63) is 0 Å². The molecule has 0 nitrogen and oxygen atoms in total. The van der Waals surface area contributed by atoms with Crippen molar-refractivity contribution < 1.29 is 0 Å². The molecule has 3 heteroatoms. The average Bonchev–Trinajstić information content (AvgIpc) is 1.72. The molecular formula is C3H6I2P+. The van der Waals surface area contributed by atoms with Gasteiger partial charge in [-0.15, -0.1) is 0 Å². The van der Waals surface area contributed by atoms with Gasteiger partial charge in [0.1, 0.15) is 0 Å². The van der Waals surface area contributed by atoms with Gasteiger partial charge in [-0.3, -0.25) is 0 Å². The Labute approximate surface area is 63.5 Å². The summed E-state index contributed by atoms with van der Waals surface area (Å²) in [6, 6.07) is 0. The molecule has 36 valence electrons. The molecule has 0 aliphatic heterocycles. The summed E-state index contributed by atoms with van der Waals surface area (Å²) in [4.78, 5) is 0. The van der Waals surface area contributed by atoms with Gasteiger partial charge in [-0.1, -0.05) is 0 Å². The third-order valence-corrected chi connectivity index (χ3v) is 0.548. The van der Waals surface area contributed by atoms with Crippen LogP contribution in [0.25, 0.3) is 0 Å². The Balaban J connectivity index is 0. The number of rotatable bonds is 0. The van der Waals surface area contributed by atoms with Crippen LogP contribution in [0.15, 0.2) is 0 Å². The molecule has 6 heavy (non-hydrogen) atoms. The van der Waals surface area contributed by atoms with Crippen molar-refractivity contribution in [2.45, 2.75) is 6.92 Å². The molecule has 0 atom stereocenters. The molecule has 0 heterocycles. The molecule has 0 aliphatic carbocycles. The maximum Gasteiger partial charge on any atom is 0 e. The Morgan fingerprint density at radius 1 is 1.67 bits per heavy atom. The number of hydrogen-bond acceptors (Lipinski definition) is 0. The van der Waals surface area contributed by atoms with Gasteiger partial charge in [0, 0.05) is 37.2 Å². The van der Waals surface area contributed by atoms with Crippen LogP contribution >= 0.6 is 45.1 Å². The van der Waals surface area contributed by atoms with Gasteiger partial charge in [0.15, 0.2) is 0 Å². The minimum absolute atomic E-state index is 1.12. The molecule has 0 unspecified atom stereocenters. The van der Waals surface area contributed by atoms with E-state index in [1.807, 2.05) is 12.7 Å². The Morgan fingerprint density at radius 3 is 1.83 bits per heavy atom. The van der Waals surface area contributed by atoms with E-state index in [2.05, 4.69) is 43.5 Å². The largest absolute Gasteiger partial charge is 0 e. The zero-order valence-corrected chi connectivity index (χ0v) is 8.70. The van der Waals surface area contributed by atoms with Crippen molar-refractivity contribution in [2.24, 2.45) is 0 Å². The second-order valence-electron chi connectivity index (χ2n) is 0.441. The van der Waals surface area contributed by atoms with E-state index in [4.69, 9.17) is 0 Å². The third kappa shape index (κ3) is 17.4. The quantitative estimate of drug-likeness (QED) is 0.474. The van der Waals surface area contributed by atoms with Gasteiger partial charge >= 0.3 is 26.8 Å². The fourth-order valence-corrected chi connectivity index (χ4v) is 0. The zero-order chi connectivity index (χ0) is 5.41. The van der Waals surface area contributed by atoms with Crippen molar-refractivity contribution in [1.29, 1.82) is 0 Å². The van der Waals surface area contributed by atoms with Crippen molar-refractivity contribution >= 4 is 57.2 Å². The van der Waals surface area contributed by atoms with Crippen LogP contribution in [0.1, 0.15) is 6.92 Å². The molecule has 0 saturated carbocycles. The molecule has 0 radical (unpaired) electrons. The summed E-state index contributed by atoms with van der Waals surface area (Å²) < 4.78 is 0. The Morgan fingerprint density at radius 2 is 1.83 bits per heavy atom. The van der Waals surface area contributed by atoms with Crippen LogP contribution in [-0.4, -0.2) is 12.1 Å². The van der Waals surface area contributed by atoms with Crippen LogP contribution in [0.4, 0.5) is 0 Å². The summed E-state index contributed by atoms with van der Waals surface area (Å²) in [5.74, 6) is 1.99. The molecule has 0 saturated heterocycles. The summed E-state index contributed by atoms with van der Waals surface area (Å²) in [5.41, 5.74) is 0. The summed E-state index contributed by atoms with van der Waals surface area (Å²) in [5, 5.41) is 0. The molecule has 0 N–H and O–H groups in total. The maximum absolute atomic E-state index is 3.52. The average molecular weight is 327 g/mol. The van der Waals surface area contributed by atoms with Gasteiger partial charge in [-0.25, -0.2) is 0 Å². The third-order valence-electron chi connectivity index (χ3n) is 0.183. The first-order valence-corrected chi connectivity index (χ1v) is 8.73. The van der Waals surface area contributed by atoms with Crippen LogP contribution < -0.4 is 0 Å². The number of halogens is 2. The molecule has 0 rings (SSSR count). The van der Waals surface area contributed by atoms with E-state index >= 15 is 0 Å². The second kappa shape index (κ2) is 15.9. The van der Waals surface area contributed by atoms with Gasteiger partial charge < -0.3 is 0 Å². The van der Waals surface area contributed by atoms with Gasteiger partial charge in [0.05, 0.1) is 0 Å². The maximum atomic E-state index is 3.52. The predicted molar refractivity (Wildman–Crippen MR) is 53.8 cm³/mol. The summed E-state index contributed by atoms with van der Waals surface area (Å²) in [7, 11) is 1.12. The SMILES string of the molecule is C=[P+]=CC.II. The molecule has 0 aromatic heterocycles. The fraction of sp³-hybridized carbons (Fsp3) is 0.333. The molecule has 0 spiro atoms. The first-order chi connectivity index (χ1) is 2.91. The monoisotopic (exact) mass is 327 g/mol. The Hall–Kier alpha value is 1.63. The van der Waals surface area contributed by atoms with Crippen molar-refractivity contribution in [1.82, 2.24) is 0 Å². The minimum atomic E-state index is 1.12. The van der Waals surface area contributed by atoms with Crippen LogP contribution in [0, 0.1) is 0 Å². The van der Waals surface area contributed by atoms with Crippen molar-refractivity contribution in [3.63, 3.8) is 0 Å². The predicted octanol–water partition coefficient (Wildman–Crippen LogP) is 2.96. The minimum Gasteiger partial charge on any atom is 0 e. The molecule has 0 aromatic carbocycles. The van der Waals surface area contributed by atoms with E-state index in [1.165, 1.54) is 0 Å².